The van der Waals surface area contributed by atoms with Gasteiger partial charge in [0.25, 0.3) is 5.91 Å². The van der Waals surface area contributed by atoms with Crippen molar-refractivity contribution in [3.63, 3.8) is 0 Å². The molecule has 1 aliphatic heterocycles. The number of nitrogens with one attached hydrogen (secondary N) is 1. The third-order valence-electron chi connectivity index (χ3n) is 5.18. The zero-order valence-electron chi connectivity index (χ0n) is 16.0. The molecular weight excluding hydrogens is 368 g/mol. The van der Waals surface area contributed by atoms with Gasteiger partial charge in [-0.2, -0.15) is 0 Å². The van der Waals surface area contributed by atoms with E-state index in [0.29, 0.717) is 5.75 Å². The van der Waals surface area contributed by atoms with Crippen molar-refractivity contribution in [3.05, 3.63) is 78.4 Å². The molecule has 2 N–H and O–H groups in total. The molecule has 3 aromatic rings. The highest BCUT2D eigenvalue weighted by atomic mass is 16.5. The number of hydrogen-bond donors (Lipinski definition) is 2. The molecule has 6 nitrogen and oxygen atoms in total. The van der Waals surface area contributed by atoms with Crippen LogP contribution in [0.25, 0.3) is 10.8 Å². The number of carbonyl (C=O) groups is 2. The van der Waals surface area contributed by atoms with Crippen LogP contribution in [0.4, 0.5) is 4.79 Å². The first kappa shape index (κ1) is 19.0. The van der Waals surface area contributed by atoms with Crippen LogP contribution in [0, 0.1) is 0 Å². The molecule has 0 saturated carbocycles. The zero-order valence-corrected chi connectivity index (χ0v) is 16.0. The average Bonchev–Trinajstić information content (AvgIpc) is 2.96. The van der Waals surface area contributed by atoms with Crippen molar-refractivity contribution >= 4 is 22.7 Å². The van der Waals surface area contributed by atoms with E-state index in [2.05, 4.69) is 5.32 Å². The number of benzene rings is 3. The number of fused-ring (bicyclic) bond motifs is 1. The molecule has 0 radical (unpaired) electrons. The number of ether oxygens (including phenoxy) is 1. The van der Waals surface area contributed by atoms with E-state index in [9.17, 15) is 14.7 Å². The van der Waals surface area contributed by atoms with Gasteiger partial charge >= 0.3 is 6.03 Å². The van der Waals surface area contributed by atoms with Crippen LogP contribution in [0.5, 0.6) is 5.75 Å². The molecule has 1 fully saturated rings. The molecule has 29 heavy (non-hydrogen) atoms. The summed E-state index contributed by atoms with van der Waals surface area (Å²) in [7, 11) is 0. The lowest BCUT2D eigenvalue weighted by Gasteiger charge is -2.24. The van der Waals surface area contributed by atoms with E-state index in [0.717, 1.165) is 21.2 Å². The second-order valence-corrected chi connectivity index (χ2v) is 7.28. The maximum Gasteiger partial charge on any atom is 0.325 e. The first-order chi connectivity index (χ1) is 14.0. The maximum absolute atomic E-state index is 13.2. The van der Waals surface area contributed by atoms with Gasteiger partial charge in [-0.1, -0.05) is 60.7 Å². The Morgan fingerprint density at radius 3 is 2.48 bits per heavy atom. The lowest BCUT2D eigenvalue weighted by Crippen LogP contribution is -2.43. The Kier molecular flexibility index (Phi) is 4.94. The number of urea groups is 1. The Bertz CT molecular complexity index is 1050. The molecule has 0 unspecified atom stereocenters. The van der Waals surface area contributed by atoms with E-state index < -0.39 is 23.6 Å². The van der Waals surface area contributed by atoms with Crippen molar-refractivity contribution in [2.75, 3.05) is 13.2 Å². The SMILES string of the molecule is C[C@@]1(c2cccc3ccccc23)NC(=O)N(C[C@H](O)COc2ccccc2)C1=O. The lowest BCUT2D eigenvalue weighted by atomic mass is 9.88. The highest BCUT2D eigenvalue weighted by molar-refractivity contribution is 6.09. The molecule has 0 aliphatic carbocycles. The second-order valence-electron chi connectivity index (χ2n) is 7.28. The summed E-state index contributed by atoms with van der Waals surface area (Å²) >= 11 is 0. The van der Waals surface area contributed by atoms with Gasteiger partial charge in [0.2, 0.25) is 0 Å². The fourth-order valence-electron chi connectivity index (χ4n) is 3.68. The third-order valence-corrected chi connectivity index (χ3v) is 5.18. The van der Waals surface area contributed by atoms with Gasteiger partial charge in [-0.25, -0.2) is 4.79 Å². The van der Waals surface area contributed by atoms with Gasteiger partial charge in [0.05, 0.1) is 6.54 Å². The Hall–Kier alpha value is -3.38. The van der Waals surface area contributed by atoms with Crippen LogP contribution < -0.4 is 10.1 Å². The predicted molar refractivity (Wildman–Crippen MR) is 109 cm³/mol. The van der Waals surface area contributed by atoms with Gasteiger partial charge in [0.15, 0.2) is 0 Å². The Labute approximate surface area is 168 Å². The molecular formula is C23H22N2O4. The molecule has 1 heterocycles. The molecule has 4 rings (SSSR count). The van der Waals surface area contributed by atoms with Gasteiger partial charge in [0, 0.05) is 0 Å². The topological polar surface area (TPSA) is 78.9 Å². The molecule has 0 aromatic heterocycles. The van der Waals surface area contributed by atoms with E-state index in [-0.39, 0.29) is 13.2 Å². The van der Waals surface area contributed by atoms with Crippen LogP contribution in [0.2, 0.25) is 0 Å². The molecule has 1 aliphatic rings. The fourth-order valence-corrected chi connectivity index (χ4v) is 3.68. The molecule has 6 heteroatoms. The summed E-state index contributed by atoms with van der Waals surface area (Å²) in [4.78, 5) is 26.8. The van der Waals surface area contributed by atoms with E-state index >= 15 is 0 Å². The van der Waals surface area contributed by atoms with Crippen LogP contribution in [0.1, 0.15) is 12.5 Å². The Balaban J connectivity index is 1.52. The van der Waals surface area contributed by atoms with Crippen LogP contribution >= 0.6 is 0 Å². The van der Waals surface area contributed by atoms with Crippen LogP contribution in [-0.4, -0.2) is 41.2 Å². The van der Waals surface area contributed by atoms with Crippen molar-refractivity contribution in [3.8, 4) is 5.75 Å². The van der Waals surface area contributed by atoms with E-state index in [4.69, 9.17) is 4.74 Å². The maximum atomic E-state index is 13.2. The largest absolute Gasteiger partial charge is 0.491 e. The summed E-state index contributed by atoms with van der Waals surface area (Å²) < 4.78 is 5.52. The van der Waals surface area contributed by atoms with Gasteiger partial charge in [-0.05, 0) is 35.4 Å². The van der Waals surface area contributed by atoms with Gasteiger partial charge in [-0.3, -0.25) is 9.69 Å². The Morgan fingerprint density at radius 1 is 1.00 bits per heavy atom. The minimum absolute atomic E-state index is 0.0218. The summed E-state index contributed by atoms with van der Waals surface area (Å²) in [6.45, 7) is 1.53. The van der Waals surface area contributed by atoms with Crippen molar-refractivity contribution in [1.29, 1.82) is 0 Å². The van der Waals surface area contributed by atoms with Crippen molar-refractivity contribution in [2.45, 2.75) is 18.6 Å². The molecule has 2 atom stereocenters. The van der Waals surface area contributed by atoms with Crippen molar-refractivity contribution in [2.24, 2.45) is 0 Å². The molecule has 3 aromatic carbocycles. The number of amides is 3. The lowest BCUT2D eigenvalue weighted by molar-refractivity contribution is -0.132. The van der Waals surface area contributed by atoms with Crippen molar-refractivity contribution < 1.29 is 19.4 Å². The summed E-state index contributed by atoms with van der Waals surface area (Å²) in [5.74, 6) is 0.224. The number of rotatable bonds is 6. The number of aliphatic hydroxyl groups excluding tert-OH is 1. The number of hydrogen-bond acceptors (Lipinski definition) is 4. The number of para-hydroxylation sites is 1. The third kappa shape index (κ3) is 3.54. The summed E-state index contributed by atoms with van der Waals surface area (Å²) in [6.07, 6.45) is -1.00. The van der Waals surface area contributed by atoms with Gasteiger partial charge in [-0.15, -0.1) is 0 Å². The van der Waals surface area contributed by atoms with E-state index in [1.165, 1.54) is 0 Å². The molecule has 1 saturated heterocycles. The fraction of sp³-hybridized carbons (Fsp3) is 0.217. The number of aliphatic hydroxyl groups is 1. The minimum Gasteiger partial charge on any atom is -0.491 e. The van der Waals surface area contributed by atoms with E-state index in [1.807, 2.05) is 60.7 Å². The average molecular weight is 390 g/mol. The van der Waals surface area contributed by atoms with Crippen LogP contribution in [0.3, 0.4) is 0 Å². The predicted octanol–water partition coefficient (Wildman–Crippen LogP) is 3.05. The summed E-state index contributed by atoms with van der Waals surface area (Å²) in [5.41, 5.74) is -0.468. The molecule has 3 amide bonds. The highest BCUT2D eigenvalue weighted by Gasteiger charge is 2.49. The first-order valence-corrected chi connectivity index (χ1v) is 9.47. The molecule has 0 spiro atoms. The number of nitrogens with zero attached hydrogens (tertiary/aromatic N) is 1. The monoisotopic (exact) mass is 390 g/mol. The number of imide groups is 1. The normalized spacial score (nSPS) is 20.0. The summed E-state index contributed by atoms with van der Waals surface area (Å²) in [5, 5.41) is 15.0. The first-order valence-electron chi connectivity index (χ1n) is 9.47. The van der Waals surface area contributed by atoms with Crippen LogP contribution in [0.15, 0.2) is 72.8 Å². The Morgan fingerprint density at radius 2 is 1.69 bits per heavy atom. The second kappa shape index (κ2) is 7.56. The van der Waals surface area contributed by atoms with Crippen LogP contribution in [-0.2, 0) is 10.3 Å². The molecule has 0 bridgehead atoms. The van der Waals surface area contributed by atoms with E-state index in [1.54, 1.807) is 19.1 Å². The van der Waals surface area contributed by atoms with Gasteiger partial charge < -0.3 is 15.2 Å². The number of β-amino-alcohol motifs (C(OH)–C–C–N with tert-alkyl or cyclic N) is 1. The zero-order chi connectivity index (χ0) is 20.4. The highest BCUT2D eigenvalue weighted by Crippen LogP contribution is 2.33. The number of carbonyl (C=O) groups excluding carboxylic acids is 2. The summed E-state index contributed by atoms with van der Waals surface area (Å²) in [6, 6.07) is 22.0. The smallest absolute Gasteiger partial charge is 0.325 e. The van der Waals surface area contributed by atoms with Crippen molar-refractivity contribution in [1.82, 2.24) is 10.2 Å². The molecule has 148 valence electrons. The van der Waals surface area contributed by atoms with Gasteiger partial charge in [0.1, 0.15) is 24.0 Å². The quantitative estimate of drug-likeness (QED) is 0.634. The minimum atomic E-state index is -1.20. The standard InChI is InChI=1S/C23H22N2O4/c1-23(20-13-7-9-16-8-5-6-12-19(16)20)21(27)25(22(28)24-23)14-17(26)15-29-18-10-3-2-4-11-18/h2-13,17,26H,14-15H2,1H3,(H,24,28)/t17-,23-/m0/s1.